The first-order chi connectivity index (χ1) is 12.3. The largest absolute Gasteiger partial charge is 0.535 e. The quantitative estimate of drug-likeness (QED) is 0.478. The molecule has 1 aromatic carbocycles. The van der Waals surface area contributed by atoms with Gasteiger partial charge < -0.3 is 30.4 Å². The molecule has 1 atom stereocenters. The summed E-state index contributed by atoms with van der Waals surface area (Å²) in [7, 11) is -1.02. The Kier molecular flexibility index (Phi) is 5.35. The minimum absolute atomic E-state index is 0.0763. The maximum absolute atomic E-state index is 11.7. The van der Waals surface area contributed by atoms with Crippen molar-refractivity contribution in [2.45, 2.75) is 31.3 Å². The summed E-state index contributed by atoms with van der Waals surface area (Å²) in [6.45, 7) is 1.66. The minimum Gasteiger partial charge on any atom is -0.535 e. The first-order valence-corrected chi connectivity index (χ1v) is 8.46. The van der Waals surface area contributed by atoms with Crippen molar-refractivity contribution >= 4 is 19.1 Å². The molecule has 2 aliphatic rings. The summed E-state index contributed by atoms with van der Waals surface area (Å²) >= 11 is 0. The Morgan fingerprint density at radius 1 is 1.38 bits per heavy atom. The van der Waals surface area contributed by atoms with Crippen LogP contribution in [0.15, 0.2) is 12.1 Å². The van der Waals surface area contributed by atoms with Gasteiger partial charge in [0.05, 0.1) is 0 Å². The summed E-state index contributed by atoms with van der Waals surface area (Å²) in [4.78, 5) is 24.4. The number of carboxylic acids is 2. The third kappa shape index (κ3) is 3.92. The second kappa shape index (κ2) is 7.52. The van der Waals surface area contributed by atoms with Gasteiger partial charge in [0.2, 0.25) is 0 Å². The Morgan fingerprint density at radius 3 is 2.77 bits per heavy atom. The van der Waals surface area contributed by atoms with Gasteiger partial charge in [-0.15, -0.1) is 0 Å². The number of fused-ring (bicyclic) bond motifs is 1. The molecule has 5 N–H and O–H groups in total. The third-order valence-corrected chi connectivity index (χ3v) is 4.62. The zero-order valence-electron chi connectivity index (χ0n) is 14.1. The number of nitrogens with zero attached hydrogens (tertiary/aromatic N) is 1. The van der Waals surface area contributed by atoms with Gasteiger partial charge in [0.1, 0.15) is 29.2 Å². The molecule has 0 amide bonds. The maximum atomic E-state index is 11.7. The number of hydrogen-bond acceptors (Lipinski definition) is 7. The molecule has 0 bridgehead atoms. The van der Waals surface area contributed by atoms with Crippen LogP contribution in [0.5, 0.6) is 11.5 Å². The Morgan fingerprint density at radius 2 is 2.12 bits per heavy atom. The summed E-state index contributed by atoms with van der Waals surface area (Å²) in [5, 5.41) is 28.0. The fourth-order valence-electron chi connectivity index (χ4n) is 3.12. The fourth-order valence-corrected chi connectivity index (χ4v) is 3.12. The predicted octanol–water partition coefficient (Wildman–Crippen LogP) is -0.335. The van der Waals surface area contributed by atoms with Gasteiger partial charge in [-0.3, -0.25) is 9.69 Å². The van der Waals surface area contributed by atoms with Gasteiger partial charge in [0.15, 0.2) is 0 Å². The number of aromatic carboxylic acids is 1. The Hall–Kier alpha value is -2.30. The number of benzene rings is 1. The molecule has 0 unspecified atom stereocenters. The molecule has 0 radical (unpaired) electrons. The van der Waals surface area contributed by atoms with Gasteiger partial charge in [-0.1, -0.05) is 6.07 Å². The van der Waals surface area contributed by atoms with Crippen molar-refractivity contribution in [1.82, 2.24) is 4.90 Å². The van der Waals surface area contributed by atoms with E-state index in [-0.39, 0.29) is 23.2 Å². The van der Waals surface area contributed by atoms with Gasteiger partial charge in [-0.2, -0.15) is 0 Å². The first-order valence-electron chi connectivity index (χ1n) is 8.46. The van der Waals surface area contributed by atoms with E-state index < -0.39 is 25.1 Å². The van der Waals surface area contributed by atoms with E-state index in [0.29, 0.717) is 38.8 Å². The molecule has 9 nitrogen and oxygen atoms in total. The molecule has 26 heavy (non-hydrogen) atoms. The maximum Gasteiger partial charge on any atom is 0.522 e. The highest BCUT2D eigenvalue weighted by atomic mass is 16.5. The Bertz CT molecular complexity index is 708. The summed E-state index contributed by atoms with van der Waals surface area (Å²) in [6.07, 6.45) is 1.11. The fraction of sp³-hybridized carbons (Fsp3) is 0.500. The number of carbonyl (C=O) groups is 2. The number of hydrogen-bond donors (Lipinski definition) is 4. The van der Waals surface area contributed by atoms with Crippen LogP contribution in [0.4, 0.5) is 0 Å². The first kappa shape index (κ1) is 18.5. The lowest BCUT2D eigenvalue weighted by molar-refractivity contribution is -0.138. The van der Waals surface area contributed by atoms with Gasteiger partial charge in [0, 0.05) is 19.6 Å². The van der Waals surface area contributed by atoms with E-state index in [2.05, 4.69) is 0 Å². The minimum atomic E-state index is -1.17. The highest BCUT2D eigenvalue weighted by Crippen LogP contribution is 2.37. The van der Waals surface area contributed by atoms with Crippen molar-refractivity contribution in [3.63, 3.8) is 0 Å². The molecule has 2 aliphatic heterocycles. The predicted molar refractivity (Wildman–Crippen MR) is 91.6 cm³/mol. The van der Waals surface area contributed by atoms with Crippen molar-refractivity contribution in [3.05, 3.63) is 23.3 Å². The van der Waals surface area contributed by atoms with Crippen LogP contribution in [-0.4, -0.2) is 71.0 Å². The standard InChI is InChI=1S/C16H21BN2O7/c18-11(15(20)21)4-6-19-7-10(8-19)25-12-2-1-9-3-5-17(24)26-14(9)13(12)16(22)23/h1-2,10-11,24H,3-8,18H2,(H,20,21)(H,22,23)/t11-/m0/s1. The lowest BCUT2D eigenvalue weighted by Crippen LogP contribution is -2.54. The molecule has 0 aromatic heterocycles. The molecule has 1 saturated heterocycles. The summed E-state index contributed by atoms with van der Waals surface area (Å²) < 4.78 is 11.1. The van der Waals surface area contributed by atoms with Crippen molar-refractivity contribution in [2.24, 2.45) is 5.73 Å². The zero-order chi connectivity index (χ0) is 18.8. The monoisotopic (exact) mass is 364 g/mol. The van der Waals surface area contributed by atoms with E-state index >= 15 is 0 Å². The number of ether oxygens (including phenoxy) is 1. The summed E-state index contributed by atoms with van der Waals surface area (Å²) in [5.41, 5.74) is 6.13. The highest BCUT2D eigenvalue weighted by molar-refractivity contribution is 6.44. The van der Waals surface area contributed by atoms with E-state index in [1.54, 1.807) is 12.1 Å². The van der Waals surface area contributed by atoms with Gasteiger partial charge >= 0.3 is 19.1 Å². The Labute approximate surface area is 150 Å². The van der Waals surface area contributed by atoms with Crippen LogP contribution in [0.2, 0.25) is 6.32 Å². The zero-order valence-corrected chi connectivity index (χ0v) is 14.1. The molecule has 140 valence electrons. The van der Waals surface area contributed by atoms with Crippen molar-refractivity contribution < 1.29 is 34.2 Å². The highest BCUT2D eigenvalue weighted by Gasteiger charge is 2.33. The molecule has 0 spiro atoms. The molecule has 0 saturated carbocycles. The van der Waals surface area contributed by atoms with Crippen LogP contribution in [0.3, 0.4) is 0 Å². The molecule has 1 fully saturated rings. The van der Waals surface area contributed by atoms with Crippen LogP contribution in [0, 0.1) is 0 Å². The van der Waals surface area contributed by atoms with Crippen molar-refractivity contribution in [3.8, 4) is 11.5 Å². The smallest absolute Gasteiger partial charge is 0.522 e. The Balaban J connectivity index is 1.62. The number of likely N-dealkylation sites (tertiary alicyclic amines) is 1. The molecule has 10 heteroatoms. The third-order valence-electron chi connectivity index (χ3n) is 4.62. The molecular weight excluding hydrogens is 343 g/mol. The van der Waals surface area contributed by atoms with Crippen molar-refractivity contribution in [2.75, 3.05) is 19.6 Å². The average Bonchev–Trinajstić information content (AvgIpc) is 2.55. The molecule has 3 rings (SSSR count). The molecule has 2 heterocycles. The molecular formula is C16H21BN2O7. The van der Waals surface area contributed by atoms with E-state index in [4.69, 9.17) is 20.2 Å². The van der Waals surface area contributed by atoms with Crippen LogP contribution >= 0.6 is 0 Å². The number of aryl methyl sites for hydroxylation is 1. The number of rotatable bonds is 7. The lowest BCUT2D eigenvalue weighted by atomic mass is 9.78. The van der Waals surface area contributed by atoms with Crippen LogP contribution in [-0.2, 0) is 11.2 Å². The van der Waals surface area contributed by atoms with Crippen LogP contribution < -0.4 is 15.1 Å². The second-order valence-electron chi connectivity index (χ2n) is 6.58. The number of aliphatic carboxylic acids is 1. The number of nitrogens with two attached hydrogens (primary N) is 1. The van der Waals surface area contributed by atoms with Crippen LogP contribution in [0.25, 0.3) is 0 Å². The molecule has 1 aromatic rings. The summed E-state index contributed by atoms with van der Waals surface area (Å²) in [5.74, 6) is -1.83. The lowest BCUT2D eigenvalue weighted by Gasteiger charge is -2.39. The van der Waals surface area contributed by atoms with Crippen LogP contribution in [0.1, 0.15) is 22.3 Å². The van der Waals surface area contributed by atoms with E-state index in [1.165, 1.54) is 0 Å². The summed E-state index contributed by atoms with van der Waals surface area (Å²) in [6, 6.07) is 2.48. The van der Waals surface area contributed by atoms with E-state index in [0.717, 1.165) is 5.56 Å². The van der Waals surface area contributed by atoms with Gasteiger partial charge in [-0.05, 0) is 30.8 Å². The van der Waals surface area contributed by atoms with E-state index in [1.807, 2.05) is 4.90 Å². The second-order valence-corrected chi connectivity index (χ2v) is 6.58. The van der Waals surface area contributed by atoms with E-state index in [9.17, 15) is 19.7 Å². The van der Waals surface area contributed by atoms with Crippen molar-refractivity contribution in [1.29, 1.82) is 0 Å². The number of carboxylic acid groups (broad SMARTS) is 2. The average molecular weight is 364 g/mol. The van der Waals surface area contributed by atoms with Gasteiger partial charge in [-0.25, -0.2) is 4.79 Å². The normalized spacial score (nSPS) is 18.5. The SMILES string of the molecule is N[C@@H](CCN1CC(Oc2ccc3c(c2C(=O)O)OB(O)CC3)C1)C(=O)O. The van der Waals surface area contributed by atoms with Gasteiger partial charge in [0.25, 0.3) is 0 Å². The topological polar surface area (TPSA) is 143 Å². The molecule has 0 aliphatic carbocycles.